The number of guanidine groups is 1. The van der Waals surface area contributed by atoms with E-state index in [0.29, 0.717) is 0 Å². The topological polar surface area (TPSA) is 39.7 Å². The first-order valence-corrected chi connectivity index (χ1v) is 8.17. The molecule has 132 valence electrons. The zero-order valence-electron chi connectivity index (χ0n) is 15.4. The lowest BCUT2D eigenvalue weighted by Gasteiger charge is -2.24. The average molecular weight is 432 g/mol. The summed E-state index contributed by atoms with van der Waals surface area (Å²) in [5, 5.41) is 6.80. The molecule has 0 unspecified atom stereocenters. The minimum Gasteiger partial charge on any atom is -0.352 e. The van der Waals surface area contributed by atoms with E-state index >= 15 is 0 Å². The van der Waals surface area contributed by atoms with Crippen LogP contribution in [0.4, 0.5) is 0 Å². The van der Waals surface area contributed by atoms with Crippen LogP contribution in [0.5, 0.6) is 0 Å². The van der Waals surface area contributed by atoms with Crippen molar-refractivity contribution in [3.05, 3.63) is 35.4 Å². The molecule has 1 rings (SSSR count). The Hall–Kier alpha value is -0.820. The first-order chi connectivity index (χ1) is 10.4. The smallest absolute Gasteiger partial charge is 0.191 e. The number of nitrogens with one attached hydrogen (secondary N) is 2. The molecule has 0 heterocycles. The fourth-order valence-corrected chi connectivity index (χ4v) is 2.29. The number of hydrogen-bond donors (Lipinski definition) is 2. The van der Waals surface area contributed by atoms with Gasteiger partial charge in [-0.3, -0.25) is 9.89 Å². The second-order valence-electron chi connectivity index (χ2n) is 6.53. The van der Waals surface area contributed by atoms with Gasteiger partial charge in [0, 0.05) is 25.7 Å². The molecule has 0 spiro atoms. The van der Waals surface area contributed by atoms with Crippen LogP contribution < -0.4 is 10.6 Å². The normalized spacial score (nSPS) is 12.0. The standard InChI is InChI=1S/C18H32N4.HI/c1-7-22(8-2)14-16-12-10-9-11-15(16)13-20-17(19-6)21-18(3,4)5;/h9-12H,7-8,13-14H2,1-6H3,(H2,19,20,21);1H. The van der Waals surface area contributed by atoms with Crippen molar-refractivity contribution in [3.8, 4) is 0 Å². The van der Waals surface area contributed by atoms with Gasteiger partial charge in [-0.25, -0.2) is 0 Å². The van der Waals surface area contributed by atoms with Crippen molar-refractivity contribution in [2.75, 3.05) is 20.1 Å². The Morgan fingerprint density at radius 1 is 1.09 bits per heavy atom. The second-order valence-corrected chi connectivity index (χ2v) is 6.53. The molecule has 0 aliphatic carbocycles. The van der Waals surface area contributed by atoms with E-state index in [1.54, 1.807) is 0 Å². The van der Waals surface area contributed by atoms with E-state index in [2.05, 4.69) is 79.4 Å². The Morgan fingerprint density at radius 2 is 1.65 bits per heavy atom. The molecule has 0 aliphatic rings. The van der Waals surface area contributed by atoms with E-state index in [4.69, 9.17) is 0 Å². The highest BCUT2D eigenvalue weighted by molar-refractivity contribution is 14.0. The molecule has 0 bridgehead atoms. The quantitative estimate of drug-likeness (QED) is 0.410. The molecule has 1 aromatic rings. The molecular weight excluding hydrogens is 399 g/mol. The van der Waals surface area contributed by atoms with Crippen LogP contribution in [0.25, 0.3) is 0 Å². The average Bonchev–Trinajstić information content (AvgIpc) is 2.48. The number of aliphatic imine (C=N–C) groups is 1. The van der Waals surface area contributed by atoms with Gasteiger partial charge in [-0.05, 0) is 45.0 Å². The molecule has 1 aromatic carbocycles. The van der Waals surface area contributed by atoms with E-state index in [1.165, 1.54) is 11.1 Å². The van der Waals surface area contributed by atoms with Crippen LogP contribution in [0.2, 0.25) is 0 Å². The Balaban J connectivity index is 0.00000484. The Kier molecular flexibility index (Phi) is 10.5. The minimum atomic E-state index is 0. The third-order valence-corrected chi connectivity index (χ3v) is 3.57. The maximum atomic E-state index is 4.30. The Labute approximate surface area is 159 Å². The van der Waals surface area contributed by atoms with E-state index < -0.39 is 0 Å². The molecule has 0 radical (unpaired) electrons. The second kappa shape index (κ2) is 10.9. The summed E-state index contributed by atoms with van der Waals surface area (Å²) >= 11 is 0. The molecule has 23 heavy (non-hydrogen) atoms. The third kappa shape index (κ3) is 8.55. The van der Waals surface area contributed by atoms with Crippen molar-refractivity contribution in [2.24, 2.45) is 4.99 Å². The van der Waals surface area contributed by atoms with Crippen LogP contribution in [0.3, 0.4) is 0 Å². The number of benzene rings is 1. The molecule has 5 heteroatoms. The highest BCUT2D eigenvalue weighted by Gasteiger charge is 2.12. The highest BCUT2D eigenvalue weighted by Crippen LogP contribution is 2.11. The first kappa shape index (κ1) is 22.2. The molecule has 4 nitrogen and oxygen atoms in total. The molecule has 0 saturated carbocycles. The van der Waals surface area contributed by atoms with Crippen LogP contribution in [-0.4, -0.2) is 36.5 Å². The number of rotatable bonds is 6. The van der Waals surface area contributed by atoms with E-state index in [-0.39, 0.29) is 29.5 Å². The van der Waals surface area contributed by atoms with E-state index in [0.717, 1.165) is 32.1 Å². The first-order valence-electron chi connectivity index (χ1n) is 8.17. The van der Waals surface area contributed by atoms with Gasteiger partial charge in [0.05, 0.1) is 0 Å². The fourth-order valence-electron chi connectivity index (χ4n) is 2.29. The highest BCUT2D eigenvalue weighted by atomic mass is 127. The lowest BCUT2D eigenvalue weighted by Crippen LogP contribution is -2.47. The van der Waals surface area contributed by atoms with Gasteiger partial charge < -0.3 is 10.6 Å². The summed E-state index contributed by atoms with van der Waals surface area (Å²) in [6.45, 7) is 14.7. The van der Waals surface area contributed by atoms with Crippen LogP contribution in [0.15, 0.2) is 29.3 Å². The van der Waals surface area contributed by atoms with Gasteiger partial charge in [-0.15, -0.1) is 24.0 Å². The molecule has 0 atom stereocenters. The summed E-state index contributed by atoms with van der Waals surface area (Å²) in [6.07, 6.45) is 0. The predicted molar refractivity (Wildman–Crippen MR) is 112 cm³/mol. The lowest BCUT2D eigenvalue weighted by molar-refractivity contribution is 0.295. The van der Waals surface area contributed by atoms with Crippen LogP contribution >= 0.6 is 24.0 Å². The lowest BCUT2D eigenvalue weighted by atomic mass is 10.1. The number of halogens is 1. The van der Waals surface area contributed by atoms with Gasteiger partial charge >= 0.3 is 0 Å². The summed E-state index contributed by atoms with van der Waals surface area (Å²) in [4.78, 5) is 6.73. The Morgan fingerprint density at radius 3 is 2.13 bits per heavy atom. The van der Waals surface area contributed by atoms with E-state index in [1.807, 2.05) is 7.05 Å². The summed E-state index contributed by atoms with van der Waals surface area (Å²) in [5.74, 6) is 0.838. The largest absolute Gasteiger partial charge is 0.352 e. The van der Waals surface area contributed by atoms with Crippen molar-refractivity contribution < 1.29 is 0 Å². The van der Waals surface area contributed by atoms with Crippen molar-refractivity contribution in [1.82, 2.24) is 15.5 Å². The summed E-state index contributed by atoms with van der Waals surface area (Å²) in [6, 6.07) is 8.62. The summed E-state index contributed by atoms with van der Waals surface area (Å²) < 4.78 is 0. The summed E-state index contributed by atoms with van der Waals surface area (Å²) in [7, 11) is 1.81. The van der Waals surface area contributed by atoms with Gasteiger partial charge in [0.2, 0.25) is 0 Å². The zero-order valence-corrected chi connectivity index (χ0v) is 17.8. The van der Waals surface area contributed by atoms with Gasteiger partial charge in [-0.2, -0.15) is 0 Å². The zero-order chi connectivity index (χ0) is 16.6. The van der Waals surface area contributed by atoms with Gasteiger partial charge in [-0.1, -0.05) is 38.1 Å². The maximum Gasteiger partial charge on any atom is 0.191 e. The third-order valence-electron chi connectivity index (χ3n) is 3.57. The maximum absolute atomic E-state index is 4.30. The Bertz CT molecular complexity index is 476. The van der Waals surface area contributed by atoms with Crippen LogP contribution in [0, 0.1) is 0 Å². The SMILES string of the molecule is CCN(CC)Cc1ccccc1CNC(=NC)NC(C)(C)C.I. The molecule has 0 aromatic heterocycles. The number of hydrogen-bond acceptors (Lipinski definition) is 2. The summed E-state index contributed by atoms with van der Waals surface area (Å²) in [5.41, 5.74) is 2.71. The van der Waals surface area contributed by atoms with Crippen LogP contribution in [0.1, 0.15) is 45.7 Å². The molecule has 0 saturated heterocycles. The van der Waals surface area contributed by atoms with Crippen molar-refractivity contribution in [2.45, 2.75) is 53.2 Å². The van der Waals surface area contributed by atoms with Crippen molar-refractivity contribution in [3.63, 3.8) is 0 Å². The molecule has 2 N–H and O–H groups in total. The van der Waals surface area contributed by atoms with Crippen LogP contribution in [-0.2, 0) is 13.1 Å². The molecule has 0 aliphatic heterocycles. The monoisotopic (exact) mass is 432 g/mol. The molecular formula is C18H33IN4. The van der Waals surface area contributed by atoms with Crippen molar-refractivity contribution >= 4 is 29.9 Å². The minimum absolute atomic E-state index is 0. The molecule has 0 amide bonds. The van der Waals surface area contributed by atoms with Gasteiger partial charge in [0.15, 0.2) is 5.96 Å². The predicted octanol–water partition coefficient (Wildman–Crippen LogP) is 3.61. The number of nitrogens with zero attached hydrogens (tertiary/aromatic N) is 2. The van der Waals surface area contributed by atoms with Crippen molar-refractivity contribution in [1.29, 1.82) is 0 Å². The fraction of sp³-hybridized carbons (Fsp3) is 0.611. The van der Waals surface area contributed by atoms with Gasteiger partial charge in [0.25, 0.3) is 0 Å². The van der Waals surface area contributed by atoms with E-state index in [9.17, 15) is 0 Å². The van der Waals surface area contributed by atoms with Gasteiger partial charge in [0.1, 0.15) is 0 Å². The molecule has 0 fully saturated rings.